The highest BCUT2D eigenvalue weighted by Gasteiger charge is 2.54. The number of morpholine rings is 1. The smallest absolute Gasteiger partial charge is 0.254 e. The predicted molar refractivity (Wildman–Crippen MR) is 97.5 cm³/mol. The summed E-state index contributed by atoms with van der Waals surface area (Å²) in [5.41, 5.74) is 1.75. The Kier molecular flexibility index (Phi) is 4.55. The van der Waals surface area contributed by atoms with Crippen molar-refractivity contribution in [1.82, 2.24) is 10.2 Å². The molecule has 0 bridgehead atoms. The zero-order valence-corrected chi connectivity index (χ0v) is 14.4. The summed E-state index contributed by atoms with van der Waals surface area (Å²) in [7, 11) is 0. The molecule has 0 aromatic heterocycles. The Hall–Kier alpha value is -2.17. The van der Waals surface area contributed by atoms with E-state index in [1.54, 1.807) is 0 Å². The third-order valence-corrected chi connectivity index (χ3v) is 5.40. The Morgan fingerprint density at radius 2 is 1.80 bits per heavy atom. The van der Waals surface area contributed by atoms with Crippen LogP contribution in [0.25, 0.3) is 0 Å². The molecule has 4 heteroatoms. The number of carbonyl (C=O) groups excluding carboxylic acids is 1. The summed E-state index contributed by atoms with van der Waals surface area (Å²) >= 11 is 0. The van der Waals surface area contributed by atoms with E-state index in [9.17, 15) is 4.79 Å². The number of hydrogen-bond donors (Lipinski definition) is 1. The molecule has 1 N–H and O–H groups in total. The van der Waals surface area contributed by atoms with Crippen molar-refractivity contribution in [3.05, 3.63) is 71.8 Å². The topological polar surface area (TPSA) is 41.6 Å². The van der Waals surface area contributed by atoms with Crippen LogP contribution in [0.2, 0.25) is 0 Å². The lowest BCUT2D eigenvalue weighted by Crippen LogP contribution is -2.58. The predicted octanol–water partition coefficient (Wildman–Crippen LogP) is 2.21. The fourth-order valence-electron chi connectivity index (χ4n) is 4.02. The second kappa shape index (κ2) is 6.98. The normalized spacial score (nSPS) is 26.7. The summed E-state index contributed by atoms with van der Waals surface area (Å²) < 4.78 is 6.13. The first-order chi connectivity index (χ1) is 12.3. The molecular formula is C21H24N2O2. The van der Waals surface area contributed by atoms with Crippen LogP contribution in [-0.2, 0) is 16.0 Å². The Bertz CT molecular complexity index is 719. The second-order valence-corrected chi connectivity index (χ2v) is 6.92. The van der Waals surface area contributed by atoms with Crippen LogP contribution in [0.4, 0.5) is 0 Å². The van der Waals surface area contributed by atoms with Crippen molar-refractivity contribution >= 4 is 5.91 Å². The van der Waals surface area contributed by atoms with Crippen molar-refractivity contribution in [3.63, 3.8) is 0 Å². The van der Waals surface area contributed by atoms with Gasteiger partial charge in [0, 0.05) is 32.1 Å². The van der Waals surface area contributed by atoms with Gasteiger partial charge in [-0.2, -0.15) is 0 Å². The average Bonchev–Trinajstić information content (AvgIpc) is 2.97. The first-order valence-electron chi connectivity index (χ1n) is 9.01. The summed E-state index contributed by atoms with van der Waals surface area (Å²) in [6.07, 6.45) is 0.995. The van der Waals surface area contributed by atoms with E-state index < -0.39 is 5.60 Å². The number of nitrogens with one attached hydrogen (secondary N) is 1. The van der Waals surface area contributed by atoms with Gasteiger partial charge in [0.2, 0.25) is 0 Å². The van der Waals surface area contributed by atoms with Gasteiger partial charge in [0.1, 0.15) is 0 Å². The van der Waals surface area contributed by atoms with Crippen molar-refractivity contribution in [2.45, 2.75) is 17.9 Å². The minimum absolute atomic E-state index is 0.0331. The lowest BCUT2D eigenvalue weighted by atomic mass is 9.83. The van der Waals surface area contributed by atoms with Gasteiger partial charge in [0.05, 0.1) is 6.61 Å². The van der Waals surface area contributed by atoms with Gasteiger partial charge in [-0.05, 0) is 17.5 Å². The zero-order chi connectivity index (χ0) is 17.1. The van der Waals surface area contributed by atoms with Crippen molar-refractivity contribution in [3.8, 4) is 0 Å². The largest absolute Gasteiger partial charge is 0.362 e. The minimum atomic E-state index is -0.754. The lowest BCUT2D eigenvalue weighted by Gasteiger charge is -2.42. The third-order valence-electron chi connectivity index (χ3n) is 5.40. The molecule has 4 rings (SSSR count). The number of carbonyl (C=O) groups is 1. The third kappa shape index (κ3) is 3.20. The molecule has 0 radical (unpaired) electrons. The Balaban J connectivity index is 1.50. The Morgan fingerprint density at radius 1 is 1.08 bits per heavy atom. The maximum Gasteiger partial charge on any atom is 0.254 e. The van der Waals surface area contributed by atoms with E-state index in [2.05, 4.69) is 46.6 Å². The van der Waals surface area contributed by atoms with E-state index in [-0.39, 0.29) is 11.8 Å². The molecule has 2 saturated heterocycles. The maximum atomic E-state index is 12.7. The van der Waals surface area contributed by atoms with Crippen LogP contribution in [0, 0.1) is 0 Å². The van der Waals surface area contributed by atoms with Crippen LogP contribution in [-0.4, -0.2) is 49.2 Å². The van der Waals surface area contributed by atoms with Crippen molar-refractivity contribution in [2.75, 3.05) is 32.8 Å². The first kappa shape index (κ1) is 16.3. The van der Waals surface area contributed by atoms with Crippen LogP contribution in [0.1, 0.15) is 17.0 Å². The fraction of sp³-hybridized carbons (Fsp3) is 0.381. The molecule has 0 saturated carbocycles. The molecule has 2 aliphatic heterocycles. The molecule has 0 aliphatic carbocycles. The molecule has 130 valence electrons. The van der Waals surface area contributed by atoms with E-state index in [1.807, 2.05) is 24.3 Å². The monoisotopic (exact) mass is 336 g/mol. The summed E-state index contributed by atoms with van der Waals surface area (Å²) in [5, 5.41) is 3.03. The molecule has 2 aliphatic rings. The van der Waals surface area contributed by atoms with Gasteiger partial charge >= 0.3 is 0 Å². The Labute approximate surface area is 148 Å². The van der Waals surface area contributed by atoms with Crippen LogP contribution < -0.4 is 5.32 Å². The highest BCUT2D eigenvalue weighted by atomic mass is 16.5. The van der Waals surface area contributed by atoms with Gasteiger partial charge in [0.25, 0.3) is 5.91 Å². The molecule has 2 fully saturated rings. The number of hydrogen-bond acceptors (Lipinski definition) is 3. The van der Waals surface area contributed by atoms with Crippen LogP contribution in [0.5, 0.6) is 0 Å². The maximum absolute atomic E-state index is 12.7. The molecule has 2 aromatic rings. The van der Waals surface area contributed by atoms with E-state index in [1.165, 1.54) is 11.1 Å². The molecular weight excluding hydrogens is 312 g/mol. The molecule has 0 unspecified atom stereocenters. The number of amides is 1. The zero-order valence-electron chi connectivity index (χ0n) is 14.4. The molecule has 25 heavy (non-hydrogen) atoms. The van der Waals surface area contributed by atoms with Crippen LogP contribution in [0.15, 0.2) is 60.7 Å². The molecule has 2 heterocycles. The summed E-state index contributed by atoms with van der Waals surface area (Å²) in [4.78, 5) is 15.1. The highest BCUT2D eigenvalue weighted by Crippen LogP contribution is 2.38. The van der Waals surface area contributed by atoms with E-state index >= 15 is 0 Å². The lowest BCUT2D eigenvalue weighted by molar-refractivity contribution is -0.156. The van der Waals surface area contributed by atoms with Gasteiger partial charge in [-0.15, -0.1) is 0 Å². The van der Waals surface area contributed by atoms with Gasteiger partial charge in [-0.3, -0.25) is 9.69 Å². The average molecular weight is 336 g/mol. The van der Waals surface area contributed by atoms with E-state index in [0.717, 1.165) is 19.5 Å². The van der Waals surface area contributed by atoms with Gasteiger partial charge in [-0.25, -0.2) is 0 Å². The van der Waals surface area contributed by atoms with Gasteiger partial charge in [-0.1, -0.05) is 60.7 Å². The molecule has 2 atom stereocenters. The van der Waals surface area contributed by atoms with Gasteiger partial charge < -0.3 is 10.1 Å². The molecule has 1 amide bonds. The van der Waals surface area contributed by atoms with Crippen LogP contribution in [0.3, 0.4) is 0 Å². The van der Waals surface area contributed by atoms with E-state index in [0.29, 0.717) is 19.7 Å². The minimum Gasteiger partial charge on any atom is -0.362 e. The molecule has 4 nitrogen and oxygen atoms in total. The molecule has 2 aromatic carbocycles. The highest BCUT2D eigenvalue weighted by molar-refractivity contribution is 5.89. The fourth-order valence-corrected chi connectivity index (χ4v) is 4.02. The number of nitrogens with zero attached hydrogens (tertiary/aromatic N) is 1. The van der Waals surface area contributed by atoms with Crippen LogP contribution >= 0.6 is 0 Å². The number of ether oxygens (including phenoxy) is 1. The Morgan fingerprint density at radius 3 is 2.56 bits per heavy atom. The summed E-state index contributed by atoms with van der Waals surface area (Å²) in [6.45, 7) is 3.74. The van der Waals surface area contributed by atoms with Gasteiger partial charge in [0.15, 0.2) is 5.60 Å². The second-order valence-electron chi connectivity index (χ2n) is 6.92. The first-order valence-corrected chi connectivity index (χ1v) is 9.01. The van der Waals surface area contributed by atoms with Crippen molar-refractivity contribution < 1.29 is 9.53 Å². The number of rotatable bonds is 4. The SMILES string of the molecule is O=C1NC[C@@H](c2ccccc2)[C@]12CN(CCc1ccccc1)CCO2. The quantitative estimate of drug-likeness (QED) is 0.931. The van der Waals surface area contributed by atoms with E-state index in [4.69, 9.17) is 4.74 Å². The summed E-state index contributed by atoms with van der Waals surface area (Å²) in [6, 6.07) is 20.8. The number of benzene rings is 2. The van der Waals surface area contributed by atoms with Crippen molar-refractivity contribution in [1.29, 1.82) is 0 Å². The molecule has 1 spiro atoms. The van der Waals surface area contributed by atoms with Crippen molar-refractivity contribution in [2.24, 2.45) is 0 Å². The summed E-state index contributed by atoms with van der Waals surface area (Å²) in [5.74, 6) is 0.103. The standard InChI is InChI=1S/C21H24N2O2/c24-20-21(19(15-22-20)18-9-5-2-6-10-18)16-23(13-14-25-21)12-11-17-7-3-1-4-8-17/h1-10,19H,11-16H2,(H,22,24)/t19-,21+/m0/s1.